The zero-order valence-corrected chi connectivity index (χ0v) is 31.4. The molecule has 7 rings (SSSR count). The molecule has 5 amide bonds. The fraction of sp³-hybridized carbons (Fsp3) is 0.289. The number of benzene rings is 3. The van der Waals surface area contributed by atoms with E-state index in [1.165, 1.54) is 51.1 Å². The number of aromatic carboxylic acids is 1. The third-order valence-corrected chi connectivity index (χ3v) is 10.5. The number of anilines is 3. The second kappa shape index (κ2) is 16.7. The van der Waals surface area contributed by atoms with Crippen molar-refractivity contribution < 1.29 is 44.1 Å². The number of piperidine rings is 1. The number of likely N-dealkylation sites (tertiary alicyclic amines) is 1. The lowest BCUT2D eigenvalue weighted by Gasteiger charge is -2.38. The van der Waals surface area contributed by atoms with E-state index in [4.69, 9.17) is 11.6 Å². The zero-order chi connectivity index (χ0) is 41.1. The quantitative estimate of drug-likeness (QED) is 0.120. The van der Waals surface area contributed by atoms with E-state index in [2.05, 4.69) is 26.2 Å². The van der Waals surface area contributed by atoms with E-state index in [-0.39, 0.29) is 54.4 Å². The summed E-state index contributed by atoms with van der Waals surface area (Å²) in [4.78, 5) is 82.8. The molecule has 2 aliphatic rings. The van der Waals surface area contributed by atoms with E-state index in [1.807, 2.05) is 0 Å². The summed E-state index contributed by atoms with van der Waals surface area (Å²) in [6.45, 7) is 1.16. The number of hydrogen-bond donors (Lipinski definition) is 5. The molecule has 0 saturated carbocycles. The lowest BCUT2D eigenvalue weighted by atomic mass is 9.94. The lowest BCUT2D eigenvalue weighted by molar-refractivity contribution is -0.149. The van der Waals surface area contributed by atoms with Gasteiger partial charge in [0.05, 0.1) is 16.9 Å². The smallest absolute Gasteiger partial charge is 0.416 e. The summed E-state index contributed by atoms with van der Waals surface area (Å²) >= 11 is 6.30. The topological polar surface area (TPSA) is 245 Å². The van der Waals surface area contributed by atoms with Gasteiger partial charge in [-0.25, -0.2) is 19.0 Å². The molecule has 0 spiro atoms. The SMILES string of the molecule is O=C(O)c1cc2cc(NC(=O)[C@H](Cc3ccc(NC(=O)N4CCC(CCO)CC4)cc3)N3CCN(c4cc(Cl)ccc4-n4cnnn4)C(=O)C3=O)ccc2n1C(=O)O. The number of carbonyl (C=O) groups excluding carboxylic acids is 4. The van der Waals surface area contributed by atoms with Crippen LogP contribution in [0, 0.1) is 5.92 Å². The Morgan fingerprint density at radius 2 is 1.59 bits per heavy atom. The molecule has 0 unspecified atom stereocenters. The number of fused-ring (bicyclic) bond motifs is 1. The Balaban J connectivity index is 1.13. The van der Waals surface area contributed by atoms with E-state index in [0.717, 1.165) is 12.8 Å². The van der Waals surface area contributed by atoms with Crippen LogP contribution in [0.15, 0.2) is 73.1 Å². The van der Waals surface area contributed by atoms with E-state index >= 15 is 0 Å². The first-order valence-electron chi connectivity index (χ1n) is 18.3. The van der Waals surface area contributed by atoms with Gasteiger partial charge in [0.25, 0.3) is 0 Å². The number of halogens is 1. The number of amides is 5. The van der Waals surface area contributed by atoms with Crippen LogP contribution < -0.4 is 15.5 Å². The Morgan fingerprint density at radius 3 is 2.26 bits per heavy atom. The largest absolute Gasteiger partial charge is 0.477 e. The van der Waals surface area contributed by atoms with Crippen LogP contribution in [0.3, 0.4) is 0 Å². The van der Waals surface area contributed by atoms with Crippen molar-refractivity contribution in [3.8, 4) is 5.69 Å². The molecule has 2 saturated heterocycles. The normalized spacial score (nSPS) is 15.4. The van der Waals surface area contributed by atoms with Gasteiger partial charge >= 0.3 is 29.9 Å². The van der Waals surface area contributed by atoms with Gasteiger partial charge in [-0.1, -0.05) is 23.7 Å². The molecular weight excluding hydrogens is 776 g/mol. The van der Waals surface area contributed by atoms with Gasteiger partial charge in [-0.3, -0.25) is 14.4 Å². The molecule has 4 heterocycles. The number of tetrazole rings is 1. The van der Waals surface area contributed by atoms with E-state index < -0.39 is 41.5 Å². The minimum Gasteiger partial charge on any atom is -0.477 e. The van der Waals surface area contributed by atoms with E-state index in [1.54, 1.807) is 41.3 Å². The summed E-state index contributed by atoms with van der Waals surface area (Å²) in [7, 11) is 0. The molecule has 58 heavy (non-hydrogen) atoms. The molecule has 0 bridgehead atoms. The number of urea groups is 1. The average Bonchev–Trinajstić information content (AvgIpc) is 3.88. The van der Waals surface area contributed by atoms with Gasteiger partial charge in [-0.15, -0.1) is 5.10 Å². The maximum absolute atomic E-state index is 14.2. The fourth-order valence-corrected chi connectivity index (χ4v) is 7.50. The van der Waals surface area contributed by atoms with Crippen molar-refractivity contribution in [2.75, 3.05) is 48.3 Å². The van der Waals surface area contributed by atoms with Crippen LogP contribution in [0.2, 0.25) is 5.02 Å². The van der Waals surface area contributed by atoms with Crippen LogP contribution >= 0.6 is 11.6 Å². The average molecular weight is 813 g/mol. The maximum Gasteiger partial charge on any atom is 0.416 e. The first-order valence-corrected chi connectivity index (χ1v) is 18.6. The summed E-state index contributed by atoms with van der Waals surface area (Å²) in [5.74, 6) is -3.66. The van der Waals surface area contributed by atoms with Crippen LogP contribution in [-0.4, -0.2) is 125 Å². The van der Waals surface area contributed by atoms with Gasteiger partial charge in [0.15, 0.2) is 0 Å². The van der Waals surface area contributed by atoms with Crippen molar-refractivity contribution >= 4 is 75.4 Å². The van der Waals surface area contributed by atoms with Crippen molar-refractivity contribution in [1.29, 1.82) is 0 Å². The molecule has 0 aliphatic carbocycles. The van der Waals surface area contributed by atoms with Crippen molar-refractivity contribution in [3.63, 3.8) is 0 Å². The maximum atomic E-state index is 14.2. The second-order valence-electron chi connectivity index (χ2n) is 13.8. The van der Waals surface area contributed by atoms with Gasteiger partial charge in [0.2, 0.25) is 5.91 Å². The summed E-state index contributed by atoms with van der Waals surface area (Å²) in [6.07, 6.45) is 2.09. The Labute approximate surface area is 334 Å². The first kappa shape index (κ1) is 39.4. The first-order chi connectivity index (χ1) is 27.9. The summed E-state index contributed by atoms with van der Waals surface area (Å²) < 4.78 is 1.94. The predicted molar refractivity (Wildman–Crippen MR) is 208 cm³/mol. The number of hydrogen-bond acceptors (Lipinski definition) is 10. The summed E-state index contributed by atoms with van der Waals surface area (Å²) in [6, 6.07) is 15.3. The molecule has 300 valence electrons. The number of piperazine rings is 1. The Kier molecular flexibility index (Phi) is 11.3. The highest BCUT2D eigenvalue weighted by Crippen LogP contribution is 2.31. The van der Waals surface area contributed by atoms with Gasteiger partial charge in [-0.2, -0.15) is 4.68 Å². The van der Waals surface area contributed by atoms with Gasteiger partial charge in [0.1, 0.15) is 18.1 Å². The number of nitrogens with one attached hydrogen (secondary N) is 2. The molecule has 2 aromatic heterocycles. The predicted octanol–water partition coefficient (Wildman–Crippen LogP) is 3.55. The number of carboxylic acids is 1. The number of rotatable bonds is 11. The summed E-state index contributed by atoms with van der Waals surface area (Å²) in [5, 5.41) is 45.8. The minimum absolute atomic E-state index is 0.0291. The highest BCUT2D eigenvalue weighted by atomic mass is 35.5. The molecule has 5 aromatic rings. The third-order valence-electron chi connectivity index (χ3n) is 10.3. The van der Waals surface area contributed by atoms with Crippen molar-refractivity contribution in [3.05, 3.63) is 89.3 Å². The number of aliphatic hydroxyl groups is 1. The van der Waals surface area contributed by atoms with Crippen LogP contribution in [0.25, 0.3) is 16.6 Å². The third kappa shape index (κ3) is 8.16. The molecule has 19 nitrogen and oxygen atoms in total. The molecule has 20 heteroatoms. The molecular formula is C38H37ClN10O9. The van der Waals surface area contributed by atoms with Crippen molar-refractivity contribution in [1.82, 2.24) is 34.6 Å². The lowest BCUT2D eigenvalue weighted by Crippen LogP contribution is -2.60. The van der Waals surface area contributed by atoms with Gasteiger partial charge in [0, 0.05) is 61.0 Å². The zero-order valence-electron chi connectivity index (χ0n) is 30.7. The Bertz CT molecular complexity index is 2390. The van der Waals surface area contributed by atoms with Gasteiger partial charge < -0.3 is 40.7 Å². The highest BCUT2D eigenvalue weighted by Gasteiger charge is 2.41. The molecule has 3 aromatic carbocycles. The fourth-order valence-electron chi connectivity index (χ4n) is 7.34. The number of carbonyl (C=O) groups is 6. The summed E-state index contributed by atoms with van der Waals surface area (Å²) in [5.41, 5.74) is 1.54. The molecule has 0 radical (unpaired) electrons. The highest BCUT2D eigenvalue weighted by molar-refractivity contribution is 6.41. The molecule has 1 atom stereocenters. The molecule has 5 N–H and O–H groups in total. The van der Waals surface area contributed by atoms with Crippen LogP contribution in [0.4, 0.5) is 26.7 Å². The second-order valence-corrected chi connectivity index (χ2v) is 14.3. The number of carboxylic acid groups (broad SMARTS) is 2. The molecule has 2 fully saturated rings. The van der Waals surface area contributed by atoms with E-state index in [9.17, 15) is 44.1 Å². The number of nitrogens with zero attached hydrogens (tertiary/aromatic N) is 8. The van der Waals surface area contributed by atoms with Crippen LogP contribution in [0.1, 0.15) is 35.3 Å². The minimum atomic E-state index is -1.50. The van der Waals surface area contributed by atoms with Gasteiger partial charge in [-0.05, 0) is 95.8 Å². The van der Waals surface area contributed by atoms with Crippen molar-refractivity contribution in [2.24, 2.45) is 5.92 Å². The standard InChI is InChI=1S/C38H37ClN10O9/c39-25-3-7-29(48-21-40-43-44-48)30(20-25)46-14-15-47(35(53)34(46)52)31(33(51)41-27-6-8-28-24(18-27)19-32(36(54)55)49(28)38(57)58)17-23-1-4-26(5-2-23)42-37(56)45-12-9-22(10-13-45)11-16-50/h1-8,18-22,31,50H,9-17H2,(H,41,51)(H,42,56)(H,54,55)(H,57,58)/t31-/m0/s1. The Hall–Kier alpha value is -6.86. The van der Waals surface area contributed by atoms with E-state index in [0.29, 0.717) is 52.0 Å². The number of aliphatic hydroxyl groups excluding tert-OH is 1. The van der Waals surface area contributed by atoms with Crippen LogP contribution in [-0.2, 0) is 20.8 Å². The van der Waals surface area contributed by atoms with Crippen molar-refractivity contribution in [2.45, 2.75) is 31.7 Å². The monoisotopic (exact) mass is 812 g/mol. The molecule has 2 aliphatic heterocycles. The Morgan fingerprint density at radius 1 is 0.845 bits per heavy atom. The van der Waals surface area contributed by atoms with Crippen LogP contribution in [0.5, 0.6) is 0 Å². The number of aromatic nitrogens is 5.